The van der Waals surface area contributed by atoms with Gasteiger partial charge in [-0.1, -0.05) is 0 Å². The van der Waals surface area contributed by atoms with Gasteiger partial charge in [-0.15, -0.1) is 0 Å². The zero-order valence-corrected chi connectivity index (χ0v) is 7.84. The van der Waals surface area contributed by atoms with Gasteiger partial charge in [0.25, 0.3) is 0 Å². The topological polar surface area (TPSA) is 55.5 Å². The van der Waals surface area contributed by atoms with Crippen molar-refractivity contribution >= 4 is 15.9 Å². The molecule has 1 aliphatic rings. The van der Waals surface area contributed by atoms with Crippen LogP contribution in [0, 0.1) is 0 Å². The number of fused-ring (bicyclic) bond motifs is 1. The van der Waals surface area contributed by atoms with Crippen LogP contribution in [-0.4, -0.2) is 11.7 Å². The minimum Gasteiger partial charge on any atom is -0.507 e. The molecule has 0 bridgehead atoms. The van der Waals surface area contributed by atoms with Crippen molar-refractivity contribution in [3.63, 3.8) is 0 Å². The Kier molecular flexibility index (Phi) is 1.73. The van der Waals surface area contributed by atoms with Crippen LogP contribution >= 0.6 is 15.9 Å². The summed E-state index contributed by atoms with van der Waals surface area (Å²) in [5.41, 5.74) is 6.61. The molecule has 3 N–H and O–H groups in total. The fraction of sp³-hybridized carbons (Fsp3) is 0.250. The number of phenolic OH excluding ortho intramolecular Hbond substituents is 1. The summed E-state index contributed by atoms with van der Waals surface area (Å²) in [6.07, 6.45) is 0. The minimum absolute atomic E-state index is 0.138. The Hall–Kier alpha value is -0.740. The number of ether oxygens (including phenoxy) is 1. The van der Waals surface area contributed by atoms with Crippen LogP contribution in [0.5, 0.6) is 11.5 Å². The van der Waals surface area contributed by atoms with Crippen molar-refractivity contribution in [1.82, 2.24) is 0 Å². The summed E-state index contributed by atoms with van der Waals surface area (Å²) in [4.78, 5) is 0. The van der Waals surface area contributed by atoms with Gasteiger partial charge >= 0.3 is 0 Å². The average Bonchev–Trinajstić information content (AvgIpc) is 2.41. The first-order valence-electron chi connectivity index (χ1n) is 3.60. The summed E-state index contributed by atoms with van der Waals surface area (Å²) in [6, 6.07) is 3.17. The Balaban J connectivity index is 2.63. The molecule has 1 aromatic rings. The second kappa shape index (κ2) is 2.64. The molecule has 0 aromatic heterocycles. The van der Waals surface area contributed by atoms with Gasteiger partial charge in [-0.3, -0.25) is 0 Å². The van der Waals surface area contributed by atoms with Gasteiger partial charge in [-0.25, -0.2) is 0 Å². The van der Waals surface area contributed by atoms with Gasteiger partial charge in [0, 0.05) is 5.56 Å². The Morgan fingerprint density at radius 2 is 2.33 bits per heavy atom. The lowest BCUT2D eigenvalue weighted by Crippen LogP contribution is -2.11. The molecule has 0 saturated carbocycles. The Morgan fingerprint density at radius 1 is 1.58 bits per heavy atom. The summed E-state index contributed by atoms with van der Waals surface area (Å²) in [7, 11) is 0. The smallest absolute Gasteiger partial charge is 0.130 e. The van der Waals surface area contributed by atoms with E-state index in [2.05, 4.69) is 15.9 Å². The molecule has 64 valence electrons. The van der Waals surface area contributed by atoms with E-state index in [-0.39, 0.29) is 11.8 Å². The molecule has 0 unspecified atom stereocenters. The standard InChI is InChI=1S/C8H8BrNO2/c9-8-5(11)1-2-6-7(8)4(10)3-12-6/h1-2,4,11H,3,10H2/t4-/m1/s1. The van der Waals surface area contributed by atoms with Crippen molar-refractivity contribution in [2.24, 2.45) is 5.73 Å². The lowest BCUT2D eigenvalue weighted by atomic mass is 10.1. The van der Waals surface area contributed by atoms with Gasteiger partial charge in [0.2, 0.25) is 0 Å². The van der Waals surface area contributed by atoms with Crippen LogP contribution in [-0.2, 0) is 0 Å². The second-order valence-electron chi connectivity index (χ2n) is 2.73. The average molecular weight is 230 g/mol. The normalized spacial score (nSPS) is 20.3. The lowest BCUT2D eigenvalue weighted by molar-refractivity contribution is 0.333. The van der Waals surface area contributed by atoms with Gasteiger partial charge in [-0.05, 0) is 28.1 Å². The highest BCUT2D eigenvalue weighted by molar-refractivity contribution is 9.10. The molecule has 1 heterocycles. The number of nitrogens with two attached hydrogens (primary N) is 1. The van der Waals surface area contributed by atoms with Crippen LogP contribution in [0.3, 0.4) is 0 Å². The minimum atomic E-state index is -0.138. The Labute approximate surface area is 78.3 Å². The molecule has 12 heavy (non-hydrogen) atoms. The van der Waals surface area contributed by atoms with Crippen LogP contribution in [0.15, 0.2) is 16.6 Å². The molecule has 2 rings (SSSR count). The van der Waals surface area contributed by atoms with Gasteiger partial charge in [-0.2, -0.15) is 0 Å². The third kappa shape index (κ3) is 0.990. The van der Waals surface area contributed by atoms with E-state index in [1.807, 2.05) is 0 Å². The molecular weight excluding hydrogens is 222 g/mol. The van der Waals surface area contributed by atoms with Crippen molar-refractivity contribution in [2.45, 2.75) is 6.04 Å². The molecule has 1 aliphatic heterocycles. The van der Waals surface area contributed by atoms with E-state index in [4.69, 9.17) is 10.5 Å². The van der Waals surface area contributed by atoms with Gasteiger partial charge in [0.1, 0.15) is 18.1 Å². The van der Waals surface area contributed by atoms with E-state index in [0.29, 0.717) is 11.1 Å². The van der Waals surface area contributed by atoms with Crippen LogP contribution in [0.25, 0.3) is 0 Å². The Morgan fingerprint density at radius 3 is 3.08 bits per heavy atom. The number of halogens is 1. The molecular formula is C8H8BrNO2. The summed E-state index contributed by atoms with van der Waals surface area (Å²) < 4.78 is 5.92. The zero-order valence-electron chi connectivity index (χ0n) is 6.25. The molecule has 0 radical (unpaired) electrons. The van der Waals surface area contributed by atoms with Gasteiger partial charge in [0.15, 0.2) is 0 Å². The van der Waals surface area contributed by atoms with Gasteiger partial charge < -0.3 is 15.6 Å². The van der Waals surface area contributed by atoms with Crippen molar-refractivity contribution < 1.29 is 9.84 Å². The first kappa shape index (κ1) is 7.89. The third-order valence-corrected chi connectivity index (χ3v) is 2.74. The zero-order chi connectivity index (χ0) is 8.72. The van der Waals surface area contributed by atoms with Crippen molar-refractivity contribution in [1.29, 1.82) is 0 Å². The number of hydrogen-bond donors (Lipinski definition) is 2. The fourth-order valence-electron chi connectivity index (χ4n) is 1.30. The molecule has 3 nitrogen and oxygen atoms in total. The number of phenols is 1. The lowest BCUT2D eigenvalue weighted by Gasteiger charge is -2.04. The highest BCUT2D eigenvalue weighted by atomic mass is 79.9. The van der Waals surface area contributed by atoms with E-state index in [1.54, 1.807) is 12.1 Å². The summed E-state index contributed by atoms with van der Waals surface area (Å²) in [6.45, 7) is 0.484. The monoisotopic (exact) mass is 229 g/mol. The van der Waals surface area contributed by atoms with Crippen LogP contribution in [0.1, 0.15) is 11.6 Å². The highest BCUT2D eigenvalue weighted by Crippen LogP contribution is 2.41. The van der Waals surface area contributed by atoms with E-state index < -0.39 is 0 Å². The maximum atomic E-state index is 9.34. The second-order valence-corrected chi connectivity index (χ2v) is 3.52. The van der Waals surface area contributed by atoms with Crippen LogP contribution in [0.4, 0.5) is 0 Å². The molecule has 0 saturated heterocycles. The number of rotatable bonds is 0. The fourth-order valence-corrected chi connectivity index (χ4v) is 1.92. The first-order valence-corrected chi connectivity index (χ1v) is 4.39. The predicted octanol–water partition coefficient (Wildman–Crippen LogP) is 1.55. The van der Waals surface area contributed by atoms with Crippen molar-refractivity contribution in [2.75, 3.05) is 6.61 Å². The molecule has 4 heteroatoms. The van der Waals surface area contributed by atoms with Crippen LogP contribution in [0.2, 0.25) is 0 Å². The van der Waals surface area contributed by atoms with Crippen LogP contribution < -0.4 is 10.5 Å². The Bertz CT molecular complexity index is 327. The molecule has 1 aromatic carbocycles. The molecule has 0 spiro atoms. The predicted molar refractivity (Wildman–Crippen MR) is 48.2 cm³/mol. The summed E-state index contributed by atoms with van der Waals surface area (Å²) >= 11 is 3.26. The number of aromatic hydroxyl groups is 1. The van der Waals surface area contributed by atoms with Gasteiger partial charge in [0.05, 0.1) is 10.5 Å². The molecule has 0 fully saturated rings. The van der Waals surface area contributed by atoms with Crippen molar-refractivity contribution in [3.8, 4) is 11.5 Å². The first-order chi connectivity index (χ1) is 5.70. The number of benzene rings is 1. The van der Waals surface area contributed by atoms with E-state index in [1.165, 1.54) is 0 Å². The van der Waals surface area contributed by atoms with E-state index >= 15 is 0 Å². The largest absolute Gasteiger partial charge is 0.507 e. The maximum absolute atomic E-state index is 9.34. The SMILES string of the molecule is N[C@@H]1COc2ccc(O)c(Br)c21. The maximum Gasteiger partial charge on any atom is 0.130 e. The molecule has 1 atom stereocenters. The third-order valence-electron chi connectivity index (χ3n) is 1.91. The highest BCUT2D eigenvalue weighted by Gasteiger charge is 2.24. The molecule has 0 aliphatic carbocycles. The number of hydrogen-bond acceptors (Lipinski definition) is 3. The van der Waals surface area contributed by atoms with E-state index in [0.717, 1.165) is 11.3 Å². The summed E-state index contributed by atoms with van der Waals surface area (Å²) in [5.74, 6) is 0.960. The van der Waals surface area contributed by atoms with Crippen molar-refractivity contribution in [3.05, 3.63) is 22.2 Å². The van der Waals surface area contributed by atoms with E-state index in [9.17, 15) is 5.11 Å². The summed E-state index contributed by atoms with van der Waals surface area (Å²) in [5, 5.41) is 9.34. The quantitative estimate of drug-likeness (QED) is 0.710. The molecule has 0 amide bonds.